The fourth-order valence-corrected chi connectivity index (χ4v) is 2.76. The second-order valence-electron chi connectivity index (χ2n) is 4.78. The zero-order valence-electron chi connectivity index (χ0n) is 10.8. The van der Waals surface area contributed by atoms with Crippen LogP contribution in [0.2, 0.25) is 5.15 Å². The number of methoxy groups -OCH3 is 1. The minimum absolute atomic E-state index is 0.0291. The van der Waals surface area contributed by atoms with Crippen LogP contribution >= 0.6 is 11.6 Å². The third-order valence-electron chi connectivity index (χ3n) is 3.66. The van der Waals surface area contributed by atoms with Gasteiger partial charge in [0.25, 0.3) is 0 Å². The van der Waals surface area contributed by atoms with Crippen molar-refractivity contribution in [2.24, 2.45) is 11.8 Å². The molecule has 0 N–H and O–H groups in total. The largest absolute Gasteiger partial charge is 0.469 e. The molecule has 1 aromatic rings. The van der Waals surface area contributed by atoms with E-state index in [4.69, 9.17) is 16.3 Å². The standard InChI is InChI=1S/C14H16ClNO3/c1-19-14(18)10-6-4-9(5-7-10)12(17)11-3-2-8-16-13(11)15/h2-3,8-10H,4-7H2,1H3/t9-,10-. The highest BCUT2D eigenvalue weighted by molar-refractivity contribution is 6.32. The highest BCUT2D eigenvalue weighted by Crippen LogP contribution is 2.32. The SMILES string of the molecule is COC(=O)[C@H]1CC[C@H](C(=O)c2cccnc2Cl)CC1. The van der Waals surface area contributed by atoms with Crippen LogP contribution in [0.5, 0.6) is 0 Å². The van der Waals surface area contributed by atoms with Crippen LogP contribution in [0, 0.1) is 11.8 Å². The summed E-state index contributed by atoms with van der Waals surface area (Å²) < 4.78 is 4.73. The molecule has 0 unspecified atom stereocenters. The highest BCUT2D eigenvalue weighted by Gasteiger charge is 2.31. The van der Waals surface area contributed by atoms with Crippen LogP contribution in [0.3, 0.4) is 0 Å². The lowest BCUT2D eigenvalue weighted by Gasteiger charge is -2.26. The van der Waals surface area contributed by atoms with Gasteiger partial charge >= 0.3 is 5.97 Å². The Bertz CT molecular complexity index is 481. The summed E-state index contributed by atoms with van der Waals surface area (Å²) in [5.41, 5.74) is 0.477. The second kappa shape index (κ2) is 6.15. The first-order chi connectivity index (χ1) is 9.13. The molecular formula is C14H16ClNO3. The number of ether oxygens (including phenoxy) is 1. The Labute approximate surface area is 117 Å². The highest BCUT2D eigenvalue weighted by atomic mass is 35.5. The summed E-state index contributed by atoms with van der Waals surface area (Å²) in [6, 6.07) is 3.41. The molecule has 1 aliphatic carbocycles. The van der Waals surface area contributed by atoms with Crippen LogP contribution in [0.25, 0.3) is 0 Å². The Kier molecular flexibility index (Phi) is 4.53. The maximum absolute atomic E-state index is 12.3. The maximum atomic E-state index is 12.3. The normalized spacial score (nSPS) is 22.8. The molecule has 0 aromatic carbocycles. The Balaban J connectivity index is 2.00. The van der Waals surface area contributed by atoms with Crippen LogP contribution in [-0.2, 0) is 9.53 Å². The number of carbonyl (C=O) groups excluding carboxylic acids is 2. The molecule has 1 fully saturated rings. The van der Waals surface area contributed by atoms with E-state index >= 15 is 0 Å². The molecular weight excluding hydrogens is 266 g/mol. The van der Waals surface area contributed by atoms with E-state index in [0.29, 0.717) is 31.2 Å². The summed E-state index contributed by atoms with van der Waals surface area (Å²) >= 11 is 5.93. The predicted octanol–water partition coefficient (Wildman–Crippen LogP) is 2.90. The molecule has 1 saturated carbocycles. The first kappa shape index (κ1) is 14.0. The number of nitrogens with zero attached hydrogens (tertiary/aromatic N) is 1. The van der Waals surface area contributed by atoms with Crippen LogP contribution in [0.15, 0.2) is 18.3 Å². The molecule has 4 nitrogen and oxygen atoms in total. The van der Waals surface area contributed by atoms with E-state index in [1.54, 1.807) is 18.3 Å². The molecule has 1 aromatic heterocycles. The van der Waals surface area contributed by atoms with Gasteiger partial charge in [0.1, 0.15) is 5.15 Å². The molecule has 0 amide bonds. The van der Waals surface area contributed by atoms with Crippen molar-refractivity contribution in [2.45, 2.75) is 25.7 Å². The van der Waals surface area contributed by atoms with E-state index < -0.39 is 0 Å². The van der Waals surface area contributed by atoms with E-state index in [0.717, 1.165) is 0 Å². The average Bonchev–Trinajstić information content (AvgIpc) is 2.46. The number of rotatable bonds is 3. The molecule has 0 bridgehead atoms. The number of hydrogen-bond acceptors (Lipinski definition) is 4. The maximum Gasteiger partial charge on any atom is 0.308 e. The summed E-state index contributed by atoms with van der Waals surface area (Å²) in [4.78, 5) is 27.7. The first-order valence-electron chi connectivity index (χ1n) is 6.36. The van der Waals surface area contributed by atoms with Gasteiger partial charge in [-0.05, 0) is 37.8 Å². The van der Waals surface area contributed by atoms with Gasteiger partial charge in [0.05, 0.1) is 18.6 Å². The third kappa shape index (κ3) is 3.13. The summed E-state index contributed by atoms with van der Waals surface area (Å²) in [6.07, 6.45) is 4.35. The number of carbonyl (C=O) groups is 2. The molecule has 1 aliphatic rings. The molecule has 5 heteroatoms. The molecule has 0 aliphatic heterocycles. The Hall–Kier alpha value is -1.42. The second-order valence-corrected chi connectivity index (χ2v) is 5.14. The van der Waals surface area contributed by atoms with E-state index in [2.05, 4.69) is 4.98 Å². The number of hydrogen-bond donors (Lipinski definition) is 0. The number of esters is 1. The lowest BCUT2D eigenvalue weighted by molar-refractivity contribution is -0.146. The number of Topliss-reactive ketones (excluding diaryl/α,β-unsaturated/α-hetero) is 1. The fourth-order valence-electron chi connectivity index (χ4n) is 2.55. The lowest BCUT2D eigenvalue weighted by Crippen LogP contribution is -2.27. The number of pyridine rings is 1. The van der Waals surface area contributed by atoms with Crippen molar-refractivity contribution in [3.63, 3.8) is 0 Å². The van der Waals surface area contributed by atoms with Gasteiger partial charge in [-0.3, -0.25) is 9.59 Å². The van der Waals surface area contributed by atoms with Gasteiger partial charge < -0.3 is 4.74 Å². The smallest absolute Gasteiger partial charge is 0.308 e. The van der Waals surface area contributed by atoms with Crippen molar-refractivity contribution in [1.82, 2.24) is 4.98 Å². The fraction of sp³-hybridized carbons (Fsp3) is 0.500. The van der Waals surface area contributed by atoms with Crippen molar-refractivity contribution < 1.29 is 14.3 Å². The van der Waals surface area contributed by atoms with E-state index in [-0.39, 0.29) is 28.7 Å². The van der Waals surface area contributed by atoms with Gasteiger partial charge in [0.2, 0.25) is 0 Å². The average molecular weight is 282 g/mol. The minimum Gasteiger partial charge on any atom is -0.469 e. The van der Waals surface area contributed by atoms with Crippen molar-refractivity contribution in [3.8, 4) is 0 Å². The third-order valence-corrected chi connectivity index (χ3v) is 3.96. The summed E-state index contributed by atoms with van der Waals surface area (Å²) in [6.45, 7) is 0. The van der Waals surface area contributed by atoms with E-state index in [9.17, 15) is 9.59 Å². The number of aromatic nitrogens is 1. The summed E-state index contributed by atoms with van der Waals surface area (Å²) in [5.74, 6) is -0.284. The molecule has 1 heterocycles. The molecule has 0 atom stereocenters. The molecule has 0 saturated heterocycles. The van der Waals surface area contributed by atoms with Crippen molar-refractivity contribution >= 4 is 23.4 Å². The van der Waals surface area contributed by atoms with Gasteiger partial charge in [-0.15, -0.1) is 0 Å². The first-order valence-corrected chi connectivity index (χ1v) is 6.74. The molecule has 0 radical (unpaired) electrons. The summed E-state index contributed by atoms with van der Waals surface area (Å²) in [5, 5.41) is 0.252. The van der Waals surface area contributed by atoms with Crippen LogP contribution < -0.4 is 0 Å². The van der Waals surface area contributed by atoms with Crippen molar-refractivity contribution in [1.29, 1.82) is 0 Å². The van der Waals surface area contributed by atoms with Gasteiger partial charge in [-0.1, -0.05) is 11.6 Å². The van der Waals surface area contributed by atoms with Crippen LogP contribution in [0.1, 0.15) is 36.0 Å². The molecule has 0 spiro atoms. The Morgan fingerprint density at radius 2 is 1.89 bits per heavy atom. The van der Waals surface area contributed by atoms with Crippen molar-refractivity contribution in [2.75, 3.05) is 7.11 Å². The Morgan fingerprint density at radius 1 is 1.26 bits per heavy atom. The zero-order valence-corrected chi connectivity index (χ0v) is 11.5. The topological polar surface area (TPSA) is 56.3 Å². The van der Waals surface area contributed by atoms with E-state index in [1.807, 2.05) is 0 Å². The molecule has 19 heavy (non-hydrogen) atoms. The van der Waals surface area contributed by atoms with Gasteiger partial charge in [-0.2, -0.15) is 0 Å². The monoisotopic (exact) mass is 281 g/mol. The quantitative estimate of drug-likeness (QED) is 0.486. The number of ketones is 1. The predicted molar refractivity (Wildman–Crippen MR) is 71.0 cm³/mol. The van der Waals surface area contributed by atoms with E-state index in [1.165, 1.54) is 7.11 Å². The van der Waals surface area contributed by atoms with Crippen LogP contribution in [0.4, 0.5) is 0 Å². The van der Waals surface area contributed by atoms with Gasteiger partial charge in [0.15, 0.2) is 5.78 Å². The summed E-state index contributed by atoms with van der Waals surface area (Å²) in [7, 11) is 1.40. The van der Waals surface area contributed by atoms with Crippen LogP contribution in [-0.4, -0.2) is 23.8 Å². The van der Waals surface area contributed by atoms with Gasteiger partial charge in [0, 0.05) is 12.1 Å². The zero-order chi connectivity index (χ0) is 13.8. The lowest BCUT2D eigenvalue weighted by atomic mass is 9.79. The molecule has 2 rings (SSSR count). The van der Waals surface area contributed by atoms with Gasteiger partial charge in [-0.25, -0.2) is 4.98 Å². The van der Waals surface area contributed by atoms with Crippen molar-refractivity contribution in [3.05, 3.63) is 29.0 Å². The molecule has 102 valence electrons. The Morgan fingerprint density at radius 3 is 2.47 bits per heavy atom. The number of halogens is 1. The minimum atomic E-state index is -0.176.